The number of rotatable bonds is 9. The van der Waals surface area contributed by atoms with Crippen LogP contribution in [0.4, 0.5) is 0 Å². The van der Waals surface area contributed by atoms with Crippen LogP contribution >= 0.6 is 0 Å². The van der Waals surface area contributed by atoms with Crippen molar-refractivity contribution in [3.8, 4) is 11.5 Å². The van der Waals surface area contributed by atoms with E-state index in [9.17, 15) is 0 Å². The number of nitrogens with one attached hydrogen (secondary N) is 1. The van der Waals surface area contributed by atoms with E-state index < -0.39 is 0 Å². The van der Waals surface area contributed by atoms with Gasteiger partial charge in [-0.1, -0.05) is 36.4 Å². The standard InChI is InChI=1S/C22H27N3O2/c1-17(2)27-22-19(9-6-10-21(22)26-3)14-24-13-18-7-4-5-8-20(18)15-25-12-11-23-16-25/h4-12,16-17,24H,13-15H2,1-3H3. The predicted octanol–water partition coefficient (Wildman–Crippen LogP) is 4.02. The van der Waals surface area contributed by atoms with Crippen LogP contribution in [0, 0.1) is 0 Å². The molecule has 3 aromatic rings. The van der Waals surface area contributed by atoms with Gasteiger partial charge < -0.3 is 19.4 Å². The summed E-state index contributed by atoms with van der Waals surface area (Å²) in [6, 6.07) is 14.5. The lowest BCUT2D eigenvalue weighted by molar-refractivity contribution is 0.227. The van der Waals surface area contributed by atoms with E-state index in [0.717, 1.165) is 30.2 Å². The van der Waals surface area contributed by atoms with Gasteiger partial charge in [-0.15, -0.1) is 0 Å². The molecule has 3 rings (SSSR count). The first-order valence-corrected chi connectivity index (χ1v) is 9.23. The third-order valence-corrected chi connectivity index (χ3v) is 4.30. The molecule has 1 heterocycles. The Morgan fingerprint density at radius 2 is 1.74 bits per heavy atom. The highest BCUT2D eigenvalue weighted by Crippen LogP contribution is 2.32. The van der Waals surface area contributed by atoms with E-state index in [1.54, 1.807) is 13.3 Å². The lowest BCUT2D eigenvalue weighted by Gasteiger charge is -2.18. The van der Waals surface area contributed by atoms with Crippen molar-refractivity contribution in [3.63, 3.8) is 0 Å². The van der Waals surface area contributed by atoms with Gasteiger partial charge in [0.1, 0.15) is 0 Å². The average molecular weight is 365 g/mol. The third kappa shape index (κ3) is 5.11. The first-order chi connectivity index (χ1) is 13.2. The molecular weight excluding hydrogens is 338 g/mol. The fourth-order valence-corrected chi connectivity index (χ4v) is 3.02. The summed E-state index contributed by atoms with van der Waals surface area (Å²) in [6.07, 6.45) is 5.72. The van der Waals surface area contributed by atoms with Crippen LogP contribution in [-0.4, -0.2) is 22.8 Å². The Labute approximate surface area is 161 Å². The summed E-state index contributed by atoms with van der Waals surface area (Å²) < 4.78 is 13.5. The zero-order valence-electron chi connectivity index (χ0n) is 16.2. The van der Waals surface area contributed by atoms with Gasteiger partial charge in [0.05, 0.1) is 19.5 Å². The monoisotopic (exact) mass is 365 g/mol. The predicted molar refractivity (Wildman–Crippen MR) is 107 cm³/mol. The third-order valence-electron chi connectivity index (χ3n) is 4.30. The van der Waals surface area contributed by atoms with E-state index in [0.29, 0.717) is 6.54 Å². The maximum atomic E-state index is 5.99. The molecule has 1 N–H and O–H groups in total. The molecule has 2 aromatic carbocycles. The number of nitrogens with zero attached hydrogens (tertiary/aromatic N) is 2. The molecule has 0 fully saturated rings. The summed E-state index contributed by atoms with van der Waals surface area (Å²) in [5, 5.41) is 3.54. The van der Waals surface area contributed by atoms with E-state index in [1.165, 1.54) is 11.1 Å². The zero-order chi connectivity index (χ0) is 19.1. The summed E-state index contributed by atoms with van der Waals surface area (Å²) in [5.41, 5.74) is 3.66. The van der Waals surface area contributed by atoms with Crippen molar-refractivity contribution in [2.45, 2.75) is 39.6 Å². The number of hydrogen-bond acceptors (Lipinski definition) is 4. The minimum absolute atomic E-state index is 0.0935. The molecule has 0 bridgehead atoms. The van der Waals surface area contributed by atoms with Crippen LogP contribution in [-0.2, 0) is 19.6 Å². The van der Waals surface area contributed by atoms with Crippen molar-refractivity contribution in [3.05, 3.63) is 77.9 Å². The van der Waals surface area contributed by atoms with Crippen LogP contribution in [0.3, 0.4) is 0 Å². The molecule has 0 spiro atoms. The molecule has 0 saturated heterocycles. The maximum absolute atomic E-state index is 5.99. The molecule has 5 heteroatoms. The van der Waals surface area contributed by atoms with Crippen molar-refractivity contribution in [2.24, 2.45) is 0 Å². The Balaban J connectivity index is 1.69. The molecule has 0 aliphatic heterocycles. The normalized spacial score (nSPS) is 11.0. The lowest BCUT2D eigenvalue weighted by atomic mass is 10.1. The summed E-state index contributed by atoms with van der Waals surface area (Å²) in [4.78, 5) is 4.12. The van der Waals surface area contributed by atoms with Gasteiger partial charge in [0, 0.05) is 37.6 Å². The molecule has 0 unspecified atom stereocenters. The summed E-state index contributed by atoms with van der Waals surface area (Å²) in [6.45, 7) is 6.35. The van der Waals surface area contributed by atoms with Gasteiger partial charge in [0.15, 0.2) is 11.5 Å². The van der Waals surface area contributed by atoms with E-state index in [4.69, 9.17) is 9.47 Å². The number of aromatic nitrogens is 2. The first-order valence-electron chi connectivity index (χ1n) is 9.23. The highest BCUT2D eigenvalue weighted by atomic mass is 16.5. The molecule has 0 radical (unpaired) electrons. The number of para-hydroxylation sites is 1. The van der Waals surface area contributed by atoms with Crippen molar-refractivity contribution in [1.82, 2.24) is 14.9 Å². The van der Waals surface area contributed by atoms with E-state index >= 15 is 0 Å². The number of ether oxygens (including phenoxy) is 2. The topological polar surface area (TPSA) is 48.3 Å². The molecule has 0 amide bonds. The van der Waals surface area contributed by atoms with Gasteiger partial charge in [-0.2, -0.15) is 0 Å². The Morgan fingerprint density at radius 1 is 1.00 bits per heavy atom. The number of hydrogen-bond donors (Lipinski definition) is 1. The molecule has 0 atom stereocenters. The molecule has 5 nitrogen and oxygen atoms in total. The van der Waals surface area contributed by atoms with Crippen molar-refractivity contribution in [2.75, 3.05) is 7.11 Å². The number of imidazole rings is 1. The lowest BCUT2D eigenvalue weighted by Crippen LogP contribution is -2.17. The van der Waals surface area contributed by atoms with Crippen molar-refractivity contribution >= 4 is 0 Å². The van der Waals surface area contributed by atoms with Crippen LogP contribution < -0.4 is 14.8 Å². The second-order valence-electron chi connectivity index (χ2n) is 6.72. The minimum Gasteiger partial charge on any atom is -0.493 e. The molecule has 0 aliphatic rings. The van der Waals surface area contributed by atoms with Gasteiger partial charge in [-0.25, -0.2) is 4.98 Å². The van der Waals surface area contributed by atoms with Crippen LogP contribution in [0.2, 0.25) is 0 Å². The van der Waals surface area contributed by atoms with Gasteiger partial charge >= 0.3 is 0 Å². The molecule has 142 valence electrons. The number of methoxy groups -OCH3 is 1. The molecule has 27 heavy (non-hydrogen) atoms. The SMILES string of the molecule is COc1cccc(CNCc2ccccc2Cn2ccnc2)c1OC(C)C. The van der Waals surface area contributed by atoms with Crippen LogP contribution in [0.1, 0.15) is 30.5 Å². The molecule has 0 aliphatic carbocycles. The maximum Gasteiger partial charge on any atom is 0.166 e. The summed E-state index contributed by atoms with van der Waals surface area (Å²) in [5.74, 6) is 1.58. The van der Waals surface area contributed by atoms with Crippen LogP contribution in [0.15, 0.2) is 61.2 Å². The molecule has 0 saturated carbocycles. The van der Waals surface area contributed by atoms with Gasteiger partial charge in [0.25, 0.3) is 0 Å². The van der Waals surface area contributed by atoms with E-state index in [2.05, 4.69) is 45.2 Å². The fourth-order valence-electron chi connectivity index (χ4n) is 3.02. The van der Waals surface area contributed by atoms with Gasteiger partial charge in [-0.3, -0.25) is 0 Å². The van der Waals surface area contributed by atoms with E-state index in [-0.39, 0.29) is 6.10 Å². The van der Waals surface area contributed by atoms with Crippen LogP contribution in [0.5, 0.6) is 11.5 Å². The summed E-state index contributed by atoms with van der Waals surface area (Å²) >= 11 is 0. The fraction of sp³-hybridized carbons (Fsp3) is 0.318. The van der Waals surface area contributed by atoms with Gasteiger partial charge in [0.2, 0.25) is 0 Å². The Hall–Kier alpha value is -2.79. The summed E-state index contributed by atoms with van der Waals surface area (Å²) in [7, 11) is 1.67. The largest absolute Gasteiger partial charge is 0.493 e. The quantitative estimate of drug-likeness (QED) is 0.622. The highest BCUT2D eigenvalue weighted by Gasteiger charge is 2.12. The Kier molecular flexibility index (Phi) is 6.49. The highest BCUT2D eigenvalue weighted by molar-refractivity contribution is 5.46. The second-order valence-corrected chi connectivity index (χ2v) is 6.72. The minimum atomic E-state index is 0.0935. The average Bonchev–Trinajstić information content (AvgIpc) is 3.17. The Morgan fingerprint density at radius 3 is 2.44 bits per heavy atom. The molecule has 1 aromatic heterocycles. The first kappa shape index (κ1) is 19.0. The van der Waals surface area contributed by atoms with Crippen molar-refractivity contribution < 1.29 is 9.47 Å². The number of benzene rings is 2. The van der Waals surface area contributed by atoms with Gasteiger partial charge in [-0.05, 0) is 31.0 Å². The van der Waals surface area contributed by atoms with Crippen LogP contribution in [0.25, 0.3) is 0 Å². The van der Waals surface area contributed by atoms with E-state index in [1.807, 2.05) is 38.5 Å². The zero-order valence-corrected chi connectivity index (χ0v) is 16.2. The second kappa shape index (κ2) is 9.24. The van der Waals surface area contributed by atoms with Crippen molar-refractivity contribution in [1.29, 1.82) is 0 Å². The Bertz CT molecular complexity index is 845. The smallest absolute Gasteiger partial charge is 0.166 e. The molecular formula is C22H27N3O2.